The van der Waals surface area contributed by atoms with Gasteiger partial charge in [-0.1, -0.05) is 45.7 Å². The van der Waals surface area contributed by atoms with Crippen LogP contribution in [-0.2, 0) is 16.1 Å². The molecule has 0 radical (unpaired) electrons. The number of rotatable bonds is 7. The summed E-state index contributed by atoms with van der Waals surface area (Å²) in [5.41, 5.74) is 2.54. The van der Waals surface area contributed by atoms with Gasteiger partial charge in [-0.25, -0.2) is 9.79 Å². The molecule has 0 N–H and O–H groups in total. The molecule has 168 valence electrons. The molecule has 8 heteroatoms. The van der Waals surface area contributed by atoms with E-state index in [0.717, 1.165) is 19.2 Å². The number of hydrogen-bond acceptors (Lipinski definition) is 5. The van der Waals surface area contributed by atoms with Crippen LogP contribution in [0.4, 0.5) is 0 Å². The number of halogens is 3. The standard InChI is InChI=1S/C25H18BrClINO4/c1-2-31-23-12-16(5-10-22(23)32-14-15-3-6-17(26)7-4-15)11-21-25(30)33-24(29-21)19-13-18(28)8-9-20(19)27/h3-13H,2,14H2,1H3/b21-11-. The van der Waals surface area contributed by atoms with Crippen LogP contribution < -0.4 is 9.47 Å². The molecule has 0 aromatic heterocycles. The topological polar surface area (TPSA) is 57.1 Å². The second-order valence-electron chi connectivity index (χ2n) is 7.01. The van der Waals surface area contributed by atoms with Crippen molar-refractivity contribution in [1.29, 1.82) is 0 Å². The third-order valence-electron chi connectivity index (χ3n) is 4.66. The maximum Gasteiger partial charge on any atom is 0.363 e. The first-order valence-electron chi connectivity index (χ1n) is 10.0. The molecule has 33 heavy (non-hydrogen) atoms. The largest absolute Gasteiger partial charge is 0.490 e. The van der Waals surface area contributed by atoms with E-state index in [0.29, 0.717) is 35.3 Å². The number of hydrogen-bond donors (Lipinski definition) is 0. The molecule has 3 aromatic carbocycles. The minimum Gasteiger partial charge on any atom is -0.490 e. The Hall–Kier alpha value is -2.36. The van der Waals surface area contributed by atoms with Crippen LogP contribution in [0.1, 0.15) is 23.6 Å². The predicted molar refractivity (Wildman–Crippen MR) is 141 cm³/mol. The number of benzene rings is 3. The summed E-state index contributed by atoms with van der Waals surface area (Å²) in [7, 11) is 0. The van der Waals surface area contributed by atoms with E-state index in [2.05, 4.69) is 43.5 Å². The van der Waals surface area contributed by atoms with E-state index in [1.807, 2.05) is 61.5 Å². The molecular weight excluding hydrogens is 621 g/mol. The van der Waals surface area contributed by atoms with Crippen molar-refractivity contribution in [2.45, 2.75) is 13.5 Å². The Bertz CT molecular complexity index is 1260. The molecule has 1 aliphatic rings. The first-order chi connectivity index (χ1) is 15.9. The molecule has 0 spiro atoms. The molecule has 0 bridgehead atoms. The summed E-state index contributed by atoms with van der Waals surface area (Å²) in [4.78, 5) is 16.8. The SMILES string of the molecule is CCOc1cc(/C=C2\N=C(c3cc(I)ccc3Cl)OC2=O)ccc1OCc1ccc(Br)cc1. The number of cyclic esters (lactones) is 1. The molecule has 0 unspecified atom stereocenters. The molecule has 4 rings (SSSR count). The number of carbonyl (C=O) groups is 1. The van der Waals surface area contributed by atoms with Crippen LogP contribution >= 0.6 is 50.1 Å². The van der Waals surface area contributed by atoms with Gasteiger partial charge < -0.3 is 14.2 Å². The minimum absolute atomic E-state index is 0.186. The quantitative estimate of drug-likeness (QED) is 0.159. The van der Waals surface area contributed by atoms with E-state index >= 15 is 0 Å². The lowest BCUT2D eigenvalue weighted by Gasteiger charge is -2.13. The zero-order valence-corrected chi connectivity index (χ0v) is 22.0. The average Bonchev–Trinajstić information content (AvgIpc) is 3.16. The number of aliphatic imine (C=N–C) groups is 1. The molecule has 0 aliphatic carbocycles. The average molecular weight is 639 g/mol. The van der Waals surface area contributed by atoms with Gasteiger partial charge in [-0.05, 0) is 89.2 Å². The van der Waals surface area contributed by atoms with Gasteiger partial charge in [-0.2, -0.15) is 0 Å². The van der Waals surface area contributed by atoms with Crippen molar-refractivity contribution in [2.75, 3.05) is 6.61 Å². The fourth-order valence-corrected chi connectivity index (χ4v) is 4.04. The fourth-order valence-electron chi connectivity index (χ4n) is 3.09. The van der Waals surface area contributed by atoms with Crippen molar-refractivity contribution < 1.29 is 19.0 Å². The Balaban J connectivity index is 1.57. The van der Waals surface area contributed by atoms with E-state index in [1.165, 1.54) is 0 Å². The molecule has 3 aromatic rings. The maximum absolute atomic E-state index is 12.4. The number of nitrogens with zero attached hydrogens (tertiary/aromatic N) is 1. The molecule has 0 saturated carbocycles. The second-order valence-corrected chi connectivity index (χ2v) is 9.58. The smallest absolute Gasteiger partial charge is 0.363 e. The Kier molecular flexibility index (Phi) is 7.72. The monoisotopic (exact) mass is 637 g/mol. The maximum atomic E-state index is 12.4. The van der Waals surface area contributed by atoms with E-state index in [-0.39, 0.29) is 11.6 Å². The molecule has 1 heterocycles. The van der Waals surface area contributed by atoms with Crippen LogP contribution in [0.15, 0.2) is 75.8 Å². The number of carbonyl (C=O) groups excluding carboxylic acids is 1. The molecule has 5 nitrogen and oxygen atoms in total. The van der Waals surface area contributed by atoms with Crippen molar-refractivity contribution in [3.63, 3.8) is 0 Å². The predicted octanol–water partition coefficient (Wildman–Crippen LogP) is 7.03. The lowest BCUT2D eigenvalue weighted by molar-refractivity contribution is -0.129. The zero-order chi connectivity index (χ0) is 23.4. The van der Waals surface area contributed by atoms with Gasteiger partial charge in [0.15, 0.2) is 17.2 Å². The Morgan fingerprint density at radius 2 is 1.85 bits per heavy atom. The molecule has 0 fully saturated rings. The summed E-state index contributed by atoms with van der Waals surface area (Å²) < 4.78 is 19.1. The van der Waals surface area contributed by atoms with Crippen LogP contribution in [0.2, 0.25) is 5.02 Å². The van der Waals surface area contributed by atoms with Crippen molar-refractivity contribution in [1.82, 2.24) is 0 Å². The first-order valence-corrected chi connectivity index (χ1v) is 12.3. The highest BCUT2D eigenvalue weighted by Crippen LogP contribution is 2.31. The van der Waals surface area contributed by atoms with Crippen LogP contribution in [0.25, 0.3) is 6.08 Å². The zero-order valence-electron chi connectivity index (χ0n) is 17.5. The normalized spacial score (nSPS) is 14.2. The van der Waals surface area contributed by atoms with Crippen molar-refractivity contribution >= 4 is 68.1 Å². The van der Waals surface area contributed by atoms with Crippen molar-refractivity contribution in [3.8, 4) is 11.5 Å². The van der Waals surface area contributed by atoms with Gasteiger partial charge in [-0.15, -0.1) is 0 Å². The fraction of sp³-hybridized carbons (Fsp3) is 0.120. The summed E-state index contributed by atoms with van der Waals surface area (Å²) in [6.07, 6.45) is 1.65. The van der Waals surface area contributed by atoms with Crippen LogP contribution in [0.3, 0.4) is 0 Å². The Morgan fingerprint density at radius 1 is 1.06 bits per heavy atom. The van der Waals surface area contributed by atoms with E-state index in [9.17, 15) is 4.79 Å². The molecular formula is C25H18BrClINO4. The lowest BCUT2D eigenvalue weighted by Crippen LogP contribution is -2.06. The molecule has 0 atom stereocenters. The van der Waals surface area contributed by atoms with Gasteiger partial charge in [0.1, 0.15) is 6.61 Å². The summed E-state index contributed by atoms with van der Waals surface area (Å²) >= 11 is 11.9. The van der Waals surface area contributed by atoms with Crippen LogP contribution in [0.5, 0.6) is 11.5 Å². The number of ether oxygens (including phenoxy) is 3. The van der Waals surface area contributed by atoms with Gasteiger partial charge >= 0.3 is 5.97 Å². The molecule has 0 saturated heterocycles. The van der Waals surface area contributed by atoms with Crippen LogP contribution in [-0.4, -0.2) is 18.5 Å². The highest BCUT2D eigenvalue weighted by Gasteiger charge is 2.26. The first kappa shape index (κ1) is 23.8. The highest BCUT2D eigenvalue weighted by molar-refractivity contribution is 14.1. The summed E-state index contributed by atoms with van der Waals surface area (Å²) in [5, 5.41) is 0.467. The van der Waals surface area contributed by atoms with E-state index in [4.69, 9.17) is 25.8 Å². The number of esters is 1. The van der Waals surface area contributed by atoms with Gasteiger partial charge in [0.2, 0.25) is 5.90 Å². The van der Waals surface area contributed by atoms with Crippen molar-refractivity contribution in [3.05, 3.63) is 96.1 Å². The summed E-state index contributed by atoms with van der Waals surface area (Å²) in [5.74, 6) is 0.855. The minimum atomic E-state index is -0.534. The summed E-state index contributed by atoms with van der Waals surface area (Å²) in [6.45, 7) is 2.79. The summed E-state index contributed by atoms with van der Waals surface area (Å²) in [6, 6.07) is 18.8. The lowest BCUT2D eigenvalue weighted by atomic mass is 10.1. The third kappa shape index (κ3) is 5.96. The van der Waals surface area contributed by atoms with Gasteiger partial charge in [-0.3, -0.25) is 0 Å². The highest BCUT2D eigenvalue weighted by atomic mass is 127. The third-order valence-corrected chi connectivity index (χ3v) is 6.19. The van der Waals surface area contributed by atoms with Gasteiger partial charge in [0.25, 0.3) is 0 Å². The van der Waals surface area contributed by atoms with Gasteiger partial charge in [0.05, 0.1) is 17.2 Å². The Labute approximate surface area is 218 Å². The second kappa shape index (κ2) is 10.7. The van der Waals surface area contributed by atoms with E-state index in [1.54, 1.807) is 12.1 Å². The van der Waals surface area contributed by atoms with Gasteiger partial charge in [0, 0.05) is 8.04 Å². The Morgan fingerprint density at radius 3 is 2.61 bits per heavy atom. The molecule has 1 aliphatic heterocycles. The molecule has 0 amide bonds. The van der Waals surface area contributed by atoms with Crippen LogP contribution in [0, 0.1) is 3.57 Å². The van der Waals surface area contributed by atoms with Crippen molar-refractivity contribution in [2.24, 2.45) is 4.99 Å². The van der Waals surface area contributed by atoms with E-state index < -0.39 is 5.97 Å².